The molecule has 3 heteroatoms. The Morgan fingerprint density at radius 2 is 1.94 bits per heavy atom. The normalized spacial score (nSPS) is 35.7. The molecule has 0 heterocycles. The van der Waals surface area contributed by atoms with E-state index in [9.17, 15) is 9.90 Å². The molecule has 2 aliphatic rings. The summed E-state index contributed by atoms with van der Waals surface area (Å²) in [6, 6.07) is 0.467. The molecule has 0 atom stereocenters. The average Bonchev–Trinajstić information content (AvgIpc) is 2.24. The fourth-order valence-electron chi connectivity index (χ4n) is 2.94. The first-order chi connectivity index (χ1) is 7.66. The van der Waals surface area contributed by atoms with Crippen LogP contribution in [0, 0.1) is 5.92 Å². The minimum absolute atomic E-state index is 0.467. The number of hydrogen-bond acceptors (Lipinski definition) is 2. The Labute approximate surface area is 97.6 Å². The van der Waals surface area contributed by atoms with Crippen molar-refractivity contribution in [2.45, 2.75) is 69.9 Å². The van der Waals surface area contributed by atoms with Crippen LogP contribution in [-0.2, 0) is 4.79 Å². The summed E-state index contributed by atoms with van der Waals surface area (Å²) in [7, 11) is 0. The van der Waals surface area contributed by atoms with Crippen LogP contribution in [0.25, 0.3) is 0 Å². The molecule has 2 aliphatic carbocycles. The van der Waals surface area contributed by atoms with Crippen molar-refractivity contribution in [1.29, 1.82) is 0 Å². The van der Waals surface area contributed by atoms with Gasteiger partial charge in [-0.15, -0.1) is 0 Å². The third-order valence-corrected chi connectivity index (χ3v) is 4.53. The zero-order valence-electron chi connectivity index (χ0n) is 10.2. The molecule has 2 fully saturated rings. The number of nitrogens with one attached hydrogen (secondary N) is 1. The highest BCUT2D eigenvalue weighted by atomic mass is 16.4. The molecule has 0 amide bonds. The van der Waals surface area contributed by atoms with Gasteiger partial charge in [-0.25, -0.2) is 0 Å². The molecular weight excluding hydrogens is 202 g/mol. The van der Waals surface area contributed by atoms with E-state index < -0.39 is 11.5 Å². The molecule has 2 N–H and O–H groups in total. The zero-order valence-corrected chi connectivity index (χ0v) is 10.2. The van der Waals surface area contributed by atoms with Gasteiger partial charge in [-0.3, -0.25) is 10.1 Å². The lowest BCUT2D eigenvalue weighted by molar-refractivity contribution is -0.147. The quantitative estimate of drug-likeness (QED) is 0.773. The zero-order chi connectivity index (χ0) is 11.6. The lowest BCUT2D eigenvalue weighted by Gasteiger charge is -2.42. The van der Waals surface area contributed by atoms with Crippen LogP contribution < -0.4 is 5.32 Å². The maximum absolute atomic E-state index is 11.5. The number of carbonyl (C=O) groups is 1. The van der Waals surface area contributed by atoms with E-state index >= 15 is 0 Å². The van der Waals surface area contributed by atoms with Crippen LogP contribution >= 0.6 is 0 Å². The van der Waals surface area contributed by atoms with E-state index in [1.165, 1.54) is 12.8 Å². The van der Waals surface area contributed by atoms with Crippen LogP contribution in [0.5, 0.6) is 0 Å². The van der Waals surface area contributed by atoms with Crippen molar-refractivity contribution in [2.75, 3.05) is 0 Å². The summed E-state index contributed by atoms with van der Waals surface area (Å²) < 4.78 is 0. The van der Waals surface area contributed by atoms with E-state index in [-0.39, 0.29) is 0 Å². The van der Waals surface area contributed by atoms with Gasteiger partial charge < -0.3 is 5.11 Å². The van der Waals surface area contributed by atoms with Crippen LogP contribution in [0.2, 0.25) is 0 Å². The molecule has 0 unspecified atom stereocenters. The lowest BCUT2D eigenvalue weighted by atomic mass is 9.74. The summed E-state index contributed by atoms with van der Waals surface area (Å²) in [6.07, 6.45) is 8.54. The van der Waals surface area contributed by atoms with Crippen LogP contribution in [0.15, 0.2) is 0 Å². The monoisotopic (exact) mass is 225 g/mol. The maximum atomic E-state index is 11.5. The van der Waals surface area contributed by atoms with Gasteiger partial charge >= 0.3 is 5.97 Å². The van der Waals surface area contributed by atoms with Gasteiger partial charge in [0.05, 0.1) is 0 Å². The van der Waals surface area contributed by atoms with Crippen molar-refractivity contribution in [1.82, 2.24) is 5.32 Å². The van der Waals surface area contributed by atoms with Crippen LogP contribution in [0.1, 0.15) is 58.3 Å². The van der Waals surface area contributed by atoms with Gasteiger partial charge in [-0.1, -0.05) is 19.8 Å². The Hall–Kier alpha value is -0.570. The molecule has 2 saturated carbocycles. The van der Waals surface area contributed by atoms with Crippen LogP contribution in [0.4, 0.5) is 0 Å². The fraction of sp³-hybridized carbons (Fsp3) is 0.923. The second kappa shape index (κ2) is 4.74. The maximum Gasteiger partial charge on any atom is 0.323 e. The predicted octanol–water partition coefficient (Wildman–Crippen LogP) is 2.55. The first-order valence-corrected chi connectivity index (χ1v) is 6.67. The number of aliphatic carboxylic acids is 1. The number of rotatable bonds is 4. The van der Waals surface area contributed by atoms with Gasteiger partial charge in [0.15, 0.2) is 0 Å². The van der Waals surface area contributed by atoms with Crippen molar-refractivity contribution in [3.63, 3.8) is 0 Å². The van der Waals surface area contributed by atoms with E-state index in [2.05, 4.69) is 12.2 Å². The molecule has 0 radical (unpaired) electrons. The molecular formula is C13H23NO2. The predicted molar refractivity (Wildman–Crippen MR) is 63.4 cm³/mol. The van der Waals surface area contributed by atoms with Gasteiger partial charge in [0.25, 0.3) is 0 Å². The molecule has 0 saturated heterocycles. The van der Waals surface area contributed by atoms with Gasteiger partial charge in [0.1, 0.15) is 5.54 Å². The van der Waals surface area contributed by atoms with Gasteiger partial charge in [0.2, 0.25) is 0 Å². The van der Waals surface area contributed by atoms with Crippen LogP contribution in [0.3, 0.4) is 0 Å². The second-order valence-electron chi connectivity index (χ2n) is 5.51. The minimum atomic E-state index is -0.631. The second-order valence-corrected chi connectivity index (χ2v) is 5.51. The molecule has 0 aromatic heterocycles. The molecule has 3 nitrogen and oxygen atoms in total. The summed E-state index contributed by atoms with van der Waals surface area (Å²) in [5.41, 5.74) is -0.600. The minimum Gasteiger partial charge on any atom is -0.480 e. The SMILES string of the molecule is CCC1CCC(NC2CCC2)(C(=O)O)CC1. The third kappa shape index (κ3) is 2.24. The van der Waals surface area contributed by atoms with Crippen molar-refractivity contribution in [3.05, 3.63) is 0 Å². The first kappa shape index (κ1) is 11.9. The standard InChI is InChI=1S/C13H23NO2/c1-2-10-6-8-13(9-7-10,12(15)16)14-11-4-3-5-11/h10-11,14H,2-9H2,1H3,(H,15,16). The smallest absolute Gasteiger partial charge is 0.323 e. The molecule has 0 aromatic rings. The summed E-state index contributed by atoms with van der Waals surface area (Å²) in [5, 5.41) is 12.9. The summed E-state index contributed by atoms with van der Waals surface area (Å²) in [5.74, 6) is 0.115. The highest BCUT2D eigenvalue weighted by Gasteiger charge is 2.43. The molecule has 16 heavy (non-hydrogen) atoms. The summed E-state index contributed by atoms with van der Waals surface area (Å²) in [6.45, 7) is 2.21. The van der Waals surface area contributed by atoms with E-state index in [4.69, 9.17) is 0 Å². The Morgan fingerprint density at radius 1 is 1.31 bits per heavy atom. The van der Waals surface area contributed by atoms with Crippen molar-refractivity contribution in [2.24, 2.45) is 5.92 Å². The first-order valence-electron chi connectivity index (χ1n) is 6.67. The van der Waals surface area contributed by atoms with E-state index in [1.807, 2.05) is 0 Å². The van der Waals surface area contributed by atoms with Crippen LogP contribution in [-0.4, -0.2) is 22.7 Å². The Morgan fingerprint density at radius 3 is 2.31 bits per heavy atom. The number of carboxylic acid groups (broad SMARTS) is 1. The summed E-state index contributed by atoms with van der Waals surface area (Å²) in [4.78, 5) is 11.5. The summed E-state index contributed by atoms with van der Waals surface area (Å²) >= 11 is 0. The molecule has 2 rings (SSSR count). The van der Waals surface area contributed by atoms with Crippen molar-refractivity contribution >= 4 is 5.97 Å². The molecule has 0 bridgehead atoms. The van der Waals surface area contributed by atoms with E-state index in [0.29, 0.717) is 6.04 Å². The van der Waals surface area contributed by atoms with E-state index in [0.717, 1.165) is 44.4 Å². The Kier molecular flexibility index (Phi) is 3.53. The molecule has 0 aromatic carbocycles. The van der Waals surface area contributed by atoms with Gasteiger partial charge in [0, 0.05) is 6.04 Å². The van der Waals surface area contributed by atoms with E-state index in [1.54, 1.807) is 0 Å². The molecule has 92 valence electrons. The lowest BCUT2D eigenvalue weighted by Crippen LogP contribution is -2.59. The Balaban J connectivity index is 1.96. The molecule has 0 aliphatic heterocycles. The van der Waals surface area contributed by atoms with Gasteiger partial charge in [-0.2, -0.15) is 0 Å². The van der Waals surface area contributed by atoms with Gasteiger partial charge in [-0.05, 0) is 44.4 Å². The highest BCUT2D eigenvalue weighted by molar-refractivity contribution is 5.79. The van der Waals surface area contributed by atoms with Crippen molar-refractivity contribution in [3.8, 4) is 0 Å². The fourth-order valence-corrected chi connectivity index (χ4v) is 2.94. The largest absolute Gasteiger partial charge is 0.480 e. The topological polar surface area (TPSA) is 49.3 Å². The highest BCUT2D eigenvalue weighted by Crippen LogP contribution is 2.36. The van der Waals surface area contributed by atoms with Crippen molar-refractivity contribution < 1.29 is 9.90 Å². The average molecular weight is 225 g/mol. The number of hydrogen-bond donors (Lipinski definition) is 2. The molecule has 0 spiro atoms. The Bertz CT molecular complexity index is 253. The third-order valence-electron chi connectivity index (χ3n) is 4.53. The number of carboxylic acids is 1.